The van der Waals surface area contributed by atoms with Gasteiger partial charge in [0, 0.05) is 27.3 Å². The largest absolute Gasteiger partial charge is 0.489 e. The highest BCUT2D eigenvalue weighted by atomic mass is 79.9. The second-order valence-electron chi connectivity index (χ2n) is 3.48. The Kier molecular flexibility index (Phi) is 4.45. The van der Waals surface area contributed by atoms with Crippen molar-refractivity contribution in [2.24, 2.45) is 0 Å². The number of halogens is 1. The zero-order chi connectivity index (χ0) is 12.1. The highest BCUT2D eigenvalue weighted by Crippen LogP contribution is 2.20. The molecule has 0 aliphatic carbocycles. The normalized spacial score (nSPS) is 10.2. The van der Waals surface area contributed by atoms with Gasteiger partial charge in [0.05, 0.1) is 0 Å². The Bertz CT molecular complexity index is 487. The summed E-state index contributed by atoms with van der Waals surface area (Å²) in [6.07, 6.45) is 5.63. The third-order valence-corrected chi connectivity index (χ3v) is 3.40. The minimum atomic E-state index is 0.533. The first-order valence-corrected chi connectivity index (χ1v) is 7.16. The van der Waals surface area contributed by atoms with Crippen molar-refractivity contribution >= 4 is 27.7 Å². The fraction of sp³-hybridized carbons (Fsp3) is 0.154. The van der Waals surface area contributed by atoms with Gasteiger partial charge in [0.25, 0.3) is 0 Å². The van der Waals surface area contributed by atoms with E-state index in [0.29, 0.717) is 6.61 Å². The molecule has 0 aliphatic rings. The summed E-state index contributed by atoms with van der Waals surface area (Å²) in [7, 11) is 0. The van der Waals surface area contributed by atoms with Crippen molar-refractivity contribution in [3.63, 3.8) is 0 Å². The fourth-order valence-corrected chi connectivity index (χ4v) is 2.19. The van der Waals surface area contributed by atoms with Crippen LogP contribution in [0, 0.1) is 0 Å². The maximum atomic E-state index is 5.68. The van der Waals surface area contributed by atoms with Crippen molar-refractivity contribution in [1.82, 2.24) is 4.98 Å². The van der Waals surface area contributed by atoms with Crippen LogP contribution in [0.25, 0.3) is 0 Å². The van der Waals surface area contributed by atoms with Crippen molar-refractivity contribution < 1.29 is 4.74 Å². The van der Waals surface area contributed by atoms with Gasteiger partial charge in [0.2, 0.25) is 0 Å². The number of rotatable bonds is 4. The number of ether oxygens (including phenoxy) is 1. The van der Waals surface area contributed by atoms with Gasteiger partial charge in [-0.2, -0.15) is 0 Å². The van der Waals surface area contributed by atoms with Gasteiger partial charge in [-0.05, 0) is 52.5 Å². The van der Waals surface area contributed by atoms with E-state index in [1.165, 1.54) is 4.90 Å². The van der Waals surface area contributed by atoms with Crippen LogP contribution in [0.4, 0.5) is 0 Å². The summed E-state index contributed by atoms with van der Waals surface area (Å²) in [5.41, 5.74) is 1.05. The Hall–Kier alpha value is -1.00. The van der Waals surface area contributed by atoms with Crippen molar-refractivity contribution in [3.8, 4) is 5.75 Å². The summed E-state index contributed by atoms with van der Waals surface area (Å²) >= 11 is 5.11. The van der Waals surface area contributed by atoms with Gasteiger partial charge in [-0.1, -0.05) is 0 Å². The number of hydrogen-bond acceptors (Lipinski definition) is 3. The number of pyridine rings is 1. The van der Waals surface area contributed by atoms with Gasteiger partial charge >= 0.3 is 0 Å². The van der Waals surface area contributed by atoms with Crippen LogP contribution in [0.3, 0.4) is 0 Å². The van der Waals surface area contributed by atoms with Crippen molar-refractivity contribution in [1.29, 1.82) is 0 Å². The molecule has 0 unspecified atom stereocenters. The average molecular weight is 310 g/mol. The SMILES string of the molecule is CSc1ccc(OCc2cncc(Br)c2)cc1. The van der Waals surface area contributed by atoms with Gasteiger partial charge in [-0.25, -0.2) is 0 Å². The Balaban J connectivity index is 1.97. The maximum Gasteiger partial charge on any atom is 0.119 e. The Labute approximate surface area is 114 Å². The lowest BCUT2D eigenvalue weighted by Crippen LogP contribution is -1.95. The molecule has 1 aromatic carbocycles. The van der Waals surface area contributed by atoms with E-state index in [4.69, 9.17) is 4.74 Å². The molecule has 4 heteroatoms. The minimum Gasteiger partial charge on any atom is -0.489 e. The number of benzene rings is 1. The maximum absolute atomic E-state index is 5.68. The molecule has 0 saturated heterocycles. The molecule has 2 rings (SSSR count). The van der Waals surface area contributed by atoms with Crippen LogP contribution in [-0.4, -0.2) is 11.2 Å². The molecule has 2 aromatic rings. The van der Waals surface area contributed by atoms with Crippen LogP contribution in [-0.2, 0) is 6.61 Å². The van der Waals surface area contributed by atoms with Crippen LogP contribution in [0.2, 0.25) is 0 Å². The van der Waals surface area contributed by atoms with Crippen LogP contribution in [0.15, 0.2) is 52.1 Å². The summed E-state index contributed by atoms with van der Waals surface area (Å²) in [4.78, 5) is 5.33. The first-order chi connectivity index (χ1) is 8.28. The van der Waals surface area contributed by atoms with E-state index >= 15 is 0 Å². The first-order valence-electron chi connectivity index (χ1n) is 5.14. The van der Waals surface area contributed by atoms with E-state index in [9.17, 15) is 0 Å². The van der Waals surface area contributed by atoms with Crippen molar-refractivity contribution in [2.75, 3.05) is 6.26 Å². The topological polar surface area (TPSA) is 22.1 Å². The van der Waals surface area contributed by atoms with E-state index < -0.39 is 0 Å². The second kappa shape index (κ2) is 6.07. The van der Waals surface area contributed by atoms with E-state index in [1.54, 1.807) is 24.2 Å². The fourth-order valence-electron chi connectivity index (χ4n) is 1.37. The predicted molar refractivity (Wildman–Crippen MR) is 74.5 cm³/mol. The third-order valence-electron chi connectivity index (χ3n) is 2.23. The molecule has 0 N–H and O–H groups in total. The second-order valence-corrected chi connectivity index (χ2v) is 5.27. The number of nitrogens with zero attached hydrogens (tertiary/aromatic N) is 1. The van der Waals surface area contributed by atoms with Crippen molar-refractivity contribution in [3.05, 3.63) is 52.8 Å². The van der Waals surface area contributed by atoms with E-state index in [0.717, 1.165) is 15.8 Å². The summed E-state index contributed by atoms with van der Waals surface area (Å²) in [5, 5.41) is 0. The van der Waals surface area contributed by atoms with Gasteiger partial charge < -0.3 is 4.74 Å². The smallest absolute Gasteiger partial charge is 0.119 e. The molecular formula is C13H12BrNOS. The molecule has 0 atom stereocenters. The Morgan fingerprint density at radius 3 is 2.65 bits per heavy atom. The lowest BCUT2D eigenvalue weighted by Gasteiger charge is -2.06. The monoisotopic (exact) mass is 309 g/mol. The lowest BCUT2D eigenvalue weighted by molar-refractivity contribution is 0.305. The van der Waals surface area contributed by atoms with Gasteiger partial charge in [-0.3, -0.25) is 4.98 Å². The Morgan fingerprint density at radius 2 is 2.00 bits per heavy atom. The molecule has 17 heavy (non-hydrogen) atoms. The van der Waals surface area contributed by atoms with Gasteiger partial charge in [-0.15, -0.1) is 11.8 Å². The summed E-state index contributed by atoms with van der Waals surface area (Å²) in [6, 6.07) is 10.1. The van der Waals surface area contributed by atoms with Gasteiger partial charge in [0.1, 0.15) is 12.4 Å². The molecule has 0 bridgehead atoms. The van der Waals surface area contributed by atoms with E-state index in [2.05, 4.69) is 39.3 Å². The highest BCUT2D eigenvalue weighted by molar-refractivity contribution is 9.10. The minimum absolute atomic E-state index is 0.533. The van der Waals surface area contributed by atoms with Crippen LogP contribution in [0.5, 0.6) is 5.75 Å². The van der Waals surface area contributed by atoms with Crippen LogP contribution >= 0.6 is 27.7 Å². The van der Waals surface area contributed by atoms with Crippen LogP contribution in [0.1, 0.15) is 5.56 Å². The molecule has 0 radical (unpaired) electrons. The third kappa shape index (κ3) is 3.75. The van der Waals surface area contributed by atoms with E-state index in [-0.39, 0.29) is 0 Å². The molecule has 0 spiro atoms. The number of aromatic nitrogens is 1. The van der Waals surface area contributed by atoms with Crippen LogP contribution < -0.4 is 4.74 Å². The lowest BCUT2D eigenvalue weighted by atomic mass is 10.3. The molecule has 0 fully saturated rings. The predicted octanol–water partition coefficient (Wildman–Crippen LogP) is 4.15. The number of thioether (sulfide) groups is 1. The first kappa shape index (κ1) is 12.5. The number of hydrogen-bond donors (Lipinski definition) is 0. The highest BCUT2D eigenvalue weighted by Gasteiger charge is 1.98. The molecule has 2 nitrogen and oxygen atoms in total. The quantitative estimate of drug-likeness (QED) is 0.792. The van der Waals surface area contributed by atoms with Gasteiger partial charge in [0.15, 0.2) is 0 Å². The molecule has 1 aromatic heterocycles. The summed E-state index contributed by atoms with van der Waals surface area (Å²) < 4.78 is 6.65. The molecule has 0 amide bonds. The molecule has 0 aliphatic heterocycles. The zero-order valence-electron chi connectivity index (χ0n) is 9.39. The summed E-state index contributed by atoms with van der Waals surface area (Å²) in [6.45, 7) is 0.533. The summed E-state index contributed by atoms with van der Waals surface area (Å²) in [5.74, 6) is 0.878. The van der Waals surface area contributed by atoms with Crippen molar-refractivity contribution in [2.45, 2.75) is 11.5 Å². The van der Waals surface area contributed by atoms with E-state index in [1.807, 2.05) is 18.2 Å². The molecule has 88 valence electrons. The average Bonchev–Trinajstić information content (AvgIpc) is 2.37. The molecule has 1 heterocycles. The molecule has 0 saturated carbocycles. The Morgan fingerprint density at radius 1 is 1.24 bits per heavy atom. The molecular weight excluding hydrogens is 298 g/mol. The standard InChI is InChI=1S/C13H12BrNOS/c1-17-13-4-2-12(3-5-13)16-9-10-6-11(14)8-15-7-10/h2-8H,9H2,1H3. The zero-order valence-corrected chi connectivity index (χ0v) is 11.8.